The van der Waals surface area contributed by atoms with Crippen LogP contribution in [0.4, 0.5) is 0 Å². The van der Waals surface area contributed by atoms with Crippen molar-refractivity contribution in [3.8, 4) is 5.75 Å². The van der Waals surface area contributed by atoms with Gasteiger partial charge in [-0.3, -0.25) is 9.59 Å². The molecule has 1 heterocycles. The Bertz CT molecular complexity index is 821. The average molecular weight is 397 g/mol. The van der Waals surface area contributed by atoms with Crippen LogP contribution in [0.15, 0.2) is 48.5 Å². The van der Waals surface area contributed by atoms with Crippen molar-refractivity contribution < 1.29 is 19.4 Å². The van der Waals surface area contributed by atoms with Gasteiger partial charge in [0.05, 0.1) is 19.1 Å². The summed E-state index contributed by atoms with van der Waals surface area (Å²) in [7, 11) is 0. The summed E-state index contributed by atoms with van der Waals surface area (Å²) in [6.07, 6.45) is 0.523. The van der Waals surface area contributed by atoms with E-state index in [1.807, 2.05) is 36.4 Å². The molecule has 0 radical (unpaired) electrons. The third kappa shape index (κ3) is 6.04. The molecule has 2 amide bonds. The van der Waals surface area contributed by atoms with Gasteiger partial charge in [0.2, 0.25) is 5.91 Å². The van der Waals surface area contributed by atoms with Gasteiger partial charge in [0.1, 0.15) is 5.75 Å². The lowest BCUT2D eigenvalue weighted by molar-refractivity contribution is -0.131. The zero-order valence-electron chi connectivity index (χ0n) is 16.3. The highest BCUT2D eigenvalue weighted by atomic mass is 16.5. The number of nitrogens with zero attached hydrogens (tertiary/aromatic N) is 1. The Morgan fingerprint density at radius 1 is 1.10 bits per heavy atom. The number of rotatable bonds is 8. The first-order valence-corrected chi connectivity index (χ1v) is 9.80. The summed E-state index contributed by atoms with van der Waals surface area (Å²) in [6.45, 7) is 2.17. The number of aliphatic hydroxyl groups is 1. The van der Waals surface area contributed by atoms with Gasteiger partial charge in [0.25, 0.3) is 5.91 Å². The van der Waals surface area contributed by atoms with E-state index in [9.17, 15) is 14.7 Å². The second kappa shape index (κ2) is 10.0. The highest BCUT2D eigenvalue weighted by Gasteiger charge is 2.24. The number of carbonyl (C=O) groups excluding carboxylic acids is 2. The van der Waals surface area contributed by atoms with Gasteiger partial charge in [-0.05, 0) is 41.8 Å². The van der Waals surface area contributed by atoms with E-state index in [1.165, 1.54) is 0 Å². The molecule has 0 bridgehead atoms. The molecular formula is C22H27N3O4. The summed E-state index contributed by atoms with van der Waals surface area (Å²) in [5.74, 6) is 0.534. The molecule has 0 spiro atoms. The fraction of sp³-hybridized carbons (Fsp3) is 0.364. The van der Waals surface area contributed by atoms with E-state index in [-0.39, 0.29) is 18.2 Å². The first-order valence-electron chi connectivity index (χ1n) is 9.80. The Labute approximate surface area is 170 Å². The molecule has 1 aliphatic heterocycles. The molecule has 1 atom stereocenters. The Balaban J connectivity index is 1.40. The number of benzene rings is 2. The maximum atomic E-state index is 12.2. The van der Waals surface area contributed by atoms with E-state index < -0.39 is 6.10 Å². The molecule has 0 saturated carbocycles. The number of ether oxygens (including phenoxy) is 1. The minimum Gasteiger partial charge on any atom is -0.493 e. The molecule has 0 aliphatic carbocycles. The molecule has 7 nitrogen and oxygen atoms in total. The molecule has 1 fully saturated rings. The van der Waals surface area contributed by atoms with E-state index in [1.54, 1.807) is 17.0 Å². The fourth-order valence-electron chi connectivity index (χ4n) is 3.16. The third-order valence-electron chi connectivity index (χ3n) is 4.93. The van der Waals surface area contributed by atoms with Crippen molar-refractivity contribution in [3.05, 3.63) is 65.2 Å². The lowest BCUT2D eigenvalue weighted by atomic mass is 10.1. The molecule has 154 valence electrons. The van der Waals surface area contributed by atoms with Gasteiger partial charge in [0.15, 0.2) is 0 Å². The van der Waals surface area contributed by atoms with Gasteiger partial charge < -0.3 is 25.8 Å². The van der Waals surface area contributed by atoms with E-state index >= 15 is 0 Å². The number of hydrogen-bond acceptors (Lipinski definition) is 5. The summed E-state index contributed by atoms with van der Waals surface area (Å²) in [6, 6.07) is 14.6. The first-order chi connectivity index (χ1) is 14.0. The van der Waals surface area contributed by atoms with Crippen LogP contribution in [-0.4, -0.2) is 47.6 Å². The van der Waals surface area contributed by atoms with E-state index in [4.69, 9.17) is 10.5 Å². The number of nitrogens with two attached hydrogens (primary N) is 1. The van der Waals surface area contributed by atoms with Gasteiger partial charge >= 0.3 is 0 Å². The minimum absolute atomic E-state index is 0.000350. The molecule has 0 unspecified atom stereocenters. The van der Waals surface area contributed by atoms with Gasteiger partial charge in [0, 0.05) is 31.7 Å². The van der Waals surface area contributed by atoms with Crippen LogP contribution in [0.1, 0.15) is 34.3 Å². The van der Waals surface area contributed by atoms with Gasteiger partial charge in [-0.15, -0.1) is 0 Å². The minimum atomic E-state index is -0.404. The van der Waals surface area contributed by atoms with E-state index in [0.717, 1.165) is 11.1 Å². The molecular weight excluding hydrogens is 370 g/mol. The lowest BCUT2D eigenvalue weighted by Gasteiger charge is -2.15. The average Bonchev–Trinajstić information content (AvgIpc) is 3.19. The van der Waals surface area contributed by atoms with Crippen molar-refractivity contribution in [2.24, 2.45) is 5.73 Å². The van der Waals surface area contributed by atoms with Crippen LogP contribution in [0.2, 0.25) is 0 Å². The zero-order chi connectivity index (χ0) is 20.6. The Morgan fingerprint density at radius 2 is 1.79 bits per heavy atom. The van der Waals surface area contributed by atoms with Crippen molar-refractivity contribution in [2.75, 3.05) is 19.7 Å². The Morgan fingerprint density at radius 3 is 2.41 bits per heavy atom. The predicted octanol–water partition coefficient (Wildman–Crippen LogP) is 1.44. The number of aliphatic hydroxyl groups excluding tert-OH is 1. The number of amides is 2. The monoisotopic (exact) mass is 397 g/mol. The van der Waals surface area contributed by atoms with Crippen LogP contribution in [-0.2, 0) is 17.9 Å². The van der Waals surface area contributed by atoms with Gasteiger partial charge in [-0.25, -0.2) is 0 Å². The van der Waals surface area contributed by atoms with Crippen molar-refractivity contribution in [2.45, 2.75) is 32.0 Å². The van der Waals surface area contributed by atoms with Crippen LogP contribution in [0, 0.1) is 0 Å². The van der Waals surface area contributed by atoms with Crippen LogP contribution >= 0.6 is 0 Å². The highest BCUT2D eigenvalue weighted by molar-refractivity contribution is 5.94. The van der Waals surface area contributed by atoms with Crippen LogP contribution in [0.5, 0.6) is 5.75 Å². The second-order valence-electron chi connectivity index (χ2n) is 7.11. The number of likely N-dealkylation sites (tertiary alicyclic amines) is 1. The summed E-state index contributed by atoms with van der Waals surface area (Å²) < 4.78 is 5.63. The smallest absolute Gasteiger partial charge is 0.251 e. The zero-order valence-corrected chi connectivity index (χ0v) is 16.3. The molecule has 3 rings (SSSR count). The summed E-state index contributed by atoms with van der Waals surface area (Å²) in [4.78, 5) is 25.9. The number of hydrogen-bond donors (Lipinski definition) is 3. The quantitative estimate of drug-likeness (QED) is 0.625. The molecule has 0 aromatic heterocycles. The number of β-amino-alcohol motifs (C(OH)–C–C–N with tert-alkyl or cyclic N) is 1. The van der Waals surface area contributed by atoms with Crippen LogP contribution in [0.3, 0.4) is 0 Å². The fourth-order valence-corrected chi connectivity index (χ4v) is 3.16. The topological polar surface area (TPSA) is 105 Å². The van der Waals surface area contributed by atoms with Crippen molar-refractivity contribution >= 4 is 11.8 Å². The van der Waals surface area contributed by atoms with E-state index in [2.05, 4.69) is 5.32 Å². The number of carbonyl (C=O) groups is 2. The molecule has 1 saturated heterocycles. The SMILES string of the molecule is NCc1ccc(C(=O)NCc2ccc(OCCC(=O)N3CC[C@H](O)C3)cc2)cc1. The van der Waals surface area contributed by atoms with Crippen molar-refractivity contribution in [1.29, 1.82) is 0 Å². The summed E-state index contributed by atoms with van der Waals surface area (Å²) in [5, 5.41) is 12.4. The highest BCUT2D eigenvalue weighted by Crippen LogP contribution is 2.14. The maximum absolute atomic E-state index is 12.2. The van der Waals surface area contributed by atoms with E-state index in [0.29, 0.717) is 50.5 Å². The Hall–Kier alpha value is -2.90. The van der Waals surface area contributed by atoms with Gasteiger partial charge in [-0.2, -0.15) is 0 Å². The standard InChI is InChI=1S/C22H27N3O4/c23-13-16-1-5-18(6-2-16)22(28)24-14-17-3-7-20(8-4-17)29-12-10-21(27)25-11-9-19(26)15-25/h1-8,19,26H,9-15,23H2,(H,24,28)/t19-/m0/s1. The lowest BCUT2D eigenvalue weighted by Crippen LogP contribution is -2.30. The second-order valence-corrected chi connectivity index (χ2v) is 7.11. The molecule has 1 aliphatic rings. The first kappa shape index (κ1) is 20.8. The molecule has 4 N–H and O–H groups in total. The molecule has 7 heteroatoms. The largest absolute Gasteiger partial charge is 0.493 e. The Kier molecular flexibility index (Phi) is 7.21. The maximum Gasteiger partial charge on any atom is 0.251 e. The third-order valence-corrected chi connectivity index (χ3v) is 4.93. The molecule has 29 heavy (non-hydrogen) atoms. The van der Waals surface area contributed by atoms with Crippen LogP contribution in [0.25, 0.3) is 0 Å². The molecule has 2 aromatic rings. The predicted molar refractivity (Wildman–Crippen MR) is 109 cm³/mol. The van der Waals surface area contributed by atoms with Gasteiger partial charge in [-0.1, -0.05) is 24.3 Å². The van der Waals surface area contributed by atoms with Crippen molar-refractivity contribution in [1.82, 2.24) is 10.2 Å². The normalized spacial score (nSPS) is 15.9. The number of nitrogens with one attached hydrogen (secondary N) is 1. The summed E-state index contributed by atoms with van der Waals surface area (Å²) in [5.41, 5.74) is 8.09. The summed E-state index contributed by atoms with van der Waals surface area (Å²) >= 11 is 0. The van der Waals surface area contributed by atoms with Crippen molar-refractivity contribution in [3.63, 3.8) is 0 Å². The van der Waals surface area contributed by atoms with Crippen LogP contribution < -0.4 is 15.8 Å². The molecule has 2 aromatic carbocycles.